The fourth-order valence-electron chi connectivity index (χ4n) is 1.62. The molecule has 1 aromatic rings. The van der Waals surface area contributed by atoms with Crippen molar-refractivity contribution in [2.75, 3.05) is 5.32 Å². The first-order valence-electron chi connectivity index (χ1n) is 5.89. The molecule has 1 aliphatic heterocycles. The third-order valence-corrected chi connectivity index (χ3v) is 3.98. The summed E-state index contributed by atoms with van der Waals surface area (Å²) in [6, 6.07) is 1.37. The van der Waals surface area contributed by atoms with Crippen molar-refractivity contribution in [3.63, 3.8) is 0 Å². The number of carbonyl (C=O) groups is 2. The van der Waals surface area contributed by atoms with E-state index in [2.05, 4.69) is 21.2 Å². The standard InChI is InChI=1S/C13H9BrCl2FNO4/c1-13(2)21-11(19)5(12(20)22-13)4-18-10-6(14)3-7(15)8(16)9(10)17/h3-4,18H,1-2H3. The topological polar surface area (TPSA) is 64.6 Å². The molecule has 118 valence electrons. The maximum Gasteiger partial charge on any atom is 0.350 e. The zero-order chi connectivity index (χ0) is 16.7. The molecule has 0 radical (unpaired) electrons. The van der Waals surface area contributed by atoms with Gasteiger partial charge in [0.25, 0.3) is 5.79 Å². The summed E-state index contributed by atoms with van der Waals surface area (Å²) in [6.45, 7) is 2.84. The number of carbonyl (C=O) groups excluding carboxylic acids is 2. The molecule has 22 heavy (non-hydrogen) atoms. The molecule has 0 bridgehead atoms. The molecule has 0 atom stereocenters. The van der Waals surface area contributed by atoms with Crippen LogP contribution in [0.5, 0.6) is 0 Å². The lowest BCUT2D eigenvalue weighted by Crippen LogP contribution is -2.42. The smallest absolute Gasteiger partial charge is 0.350 e. The van der Waals surface area contributed by atoms with Gasteiger partial charge in [-0.1, -0.05) is 23.2 Å². The molecule has 0 aromatic heterocycles. The maximum absolute atomic E-state index is 14.0. The Morgan fingerprint density at radius 2 is 1.82 bits per heavy atom. The Bertz CT molecular complexity index is 684. The summed E-state index contributed by atoms with van der Waals surface area (Å²) < 4.78 is 24.1. The van der Waals surface area contributed by atoms with Crippen LogP contribution in [-0.4, -0.2) is 17.7 Å². The summed E-state index contributed by atoms with van der Waals surface area (Å²) in [4.78, 5) is 23.5. The third-order valence-electron chi connectivity index (χ3n) is 2.59. The van der Waals surface area contributed by atoms with Crippen molar-refractivity contribution in [3.05, 3.63) is 38.2 Å². The summed E-state index contributed by atoms with van der Waals surface area (Å²) in [7, 11) is 0. The Labute approximate surface area is 143 Å². The number of nitrogens with one attached hydrogen (secondary N) is 1. The Kier molecular flexibility index (Phi) is 4.70. The number of rotatable bonds is 2. The lowest BCUT2D eigenvalue weighted by Gasteiger charge is -2.29. The molecule has 5 nitrogen and oxygen atoms in total. The SMILES string of the molecule is CC1(C)OC(=O)C(=CNc2c(Br)cc(Cl)c(Cl)c2F)C(=O)O1. The fourth-order valence-corrected chi connectivity index (χ4v) is 2.61. The second-order valence-electron chi connectivity index (χ2n) is 4.72. The van der Waals surface area contributed by atoms with Gasteiger partial charge in [0.2, 0.25) is 0 Å². The Morgan fingerprint density at radius 1 is 1.27 bits per heavy atom. The average Bonchev–Trinajstić information content (AvgIpc) is 2.37. The van der Waals surface area contributed by atoms with Crippen molar-refractivity contribution in [2.24, 2.45) is 0 Å². The van der Waals surface area contributed by atoms with Gasteiger partial charge >= 0.3 is 11.9 Å². The van der Waals surface area contributed by atoms with E-state index in [0.29, 0.717) is 0 Å². The van der Waals surface area contributed by atoms with Crippen LogP contribution in [-0.2, 0) is 19.1 Å². The molecule has 0 spiro atoms. The molecule has 9 heteroatoms. The number of benzene rings is 1. The van der Waals surface area contributed by atoms with E-state index in [1.807, 2.05) is 0 Å². The van der Waals surface area contributed by atoms with Gasteiger partial charge in [0.1, 0.15) is 0 Å². The highest BCUT2D eigenvalue weighted by Gasteiger charge is 2.39. The van der Waals surface area contributed by atoms with Gasteiger partial charge in [-0.15, -0.1) is 0 Å². The number of cyclic esters (lactones) is 2. The number of ether oxygens (including phenoxy) is 2. The summed E-state index contributed by atoms with van der Waals surface area (Å²) in [5, 5.41) is 2.20. The van der Waals surface area contributed by atoms with E-state index in [1.165, 1.54) is 19.9 Å². The molecule has 2 rings (SSSR count). The minimum atomic E-state index is -1.35. The molecular weight excluding hydrogens is 404 g/mol. The normalized spacial score (nSPS) is 16.9. The van der Waals surface area contributed by atoms with Gasteiger partial charge in [-0.25, -0.2) is 14.0 Å². The second-order valence-corrected chi connectivity index (χ2v) is 6.36. The Morgan fingerprint density at radius 3 is 2.36 bits per heavy atom. The van der Waals surface area contributed by atoms with Gasteiger partial charge in [-0.05, 0) is 22.0 Å². The number of hydrogen-bond acceptors (Lipinski definition) is 5. The zero-order valence-corrected chi connectivity index (χ0v) is 14.4. The van der Waals surface area contributed by atoms with E-state index in [4.69, 9.17) is 32.7 Å². The van der Waals surface area contributed by atoms with Crippen molar-refractivity contribution >= 4 is 56.8 Å². The highest BCUT2D eigenvalue weighted by molar-refractivity contribution is 9.10. The maximum atomic E-state index is 14.0. The predicted molar refractivity (Wildman–Crippen MR) is 82.1 cm³/mol. The van der Waals surface area contributed by atoms with Crippen LogP contribution in [0.4, 0.5) is 10.1 Å². The summed E-state index contributed by atoms with van der Waals surface area (Å²) in [6.07, 6.45) is 0.979. The van der Waals surface area contributed by atoms with E-state index in [-0.39, 0.29) is 20.2 Å². The minimum Gasteiger partial charge on any atom is -0.419 e. The molecule has 1 aliphatic rings. The molecule has 1 saturated heterocycles. The minimum absolute atomic E-state index is 0.0162. The van der Waals surface area contributed by atoms with E-state index in [0.717, 1.165) is 6.20 Å². The van der Waals surface area contributed by atoms with Crippen molar-refractivity contribution in [2.45, 2.75) is 19.6 Å². The lowest BCUT2D eigenvalue weighted by molar-refractivity contribution is -0.222. The fraction of sp³-hybridized carbons (Fsp3) is 0.231. The summed E-state index contributed by atoms with van der Waals surface area (Å²) in [5.74, 6) is -3.95. The van der Waals surface area contributed by atoms with E-state index in [9.17, 15) is 14.0 Å². The second kappa shape index (κ2) is 6.06. The first kappa shape index (κ1) is 17.1. The van der Waals surface area contributed by atoms with Gasteiger partial charge in [-0.3, -0.25) is 0 Å². The van der Waals surface area contributed by atoms with Crippen LogP contribution in [0.3, 0.4) is 0 Å². The molecule has 0 saturated carbocycles. The quantitative estimate of drug-likeness (QED) is 0.261. The van der Waals surface area contributed by atoms with Crippen LogP contribution in [0.1, 0.15) is 13.8 Å². The van der Waals surface area contributed by atoms with Crippen LogP contribution in [0.25, 0.3) is 0 Å². The van der Waals surface area contributed by atoms with Crippen molar-refractivity contribution in [3.8, 4) is 0 Å². The molecule has 0 aliphatic carbocycles. The molecule has 0 unspecified atom stereocenters. The molecule has 1 fully saturated rings. The van der Waals surface area contributed by atoms with Crippen molar-refractivity contribution in [1.82, 2.24) is 0 Å². The molecule has 0 amide bonds. The largest absolute Gasteiger partial charge is 0.419 e. The zero-order valence-electron chi connectivity index (χ0n) is 11.3. The molecule has 1 heterocycles. The first-order chi connectivity index (χ1) is 10.1. The van der Waals surface area contributed by atoms with Crippen LogP contribution < -0.4 is 5.32 Å². The summed E-state index contributed by atoms with van der Waals surface area (Å²) >= 11 is 14.5. The van der Waals surface area contributed by atoms with Gasteiger partial charge in [0.15, 0.2) is 11.4 Å². The van der Waals surface area contributed by atoms with Crippen LogP contribution in [0.15, 0.2) is 22.3 Å². The van der Waals surface area contributed by atoms with E-state index < -0.39 is 29.1 Å². The van der Waals surface area contributed by atoms with Crippen LogP contribution >= 0.6 is 39.1 Å². The Hall–Kier alpha value is -1.31. The van der Waals surface area contributed by atoms with Gasteiger partial charge in [0, 0.05) is 24.5 Å². The highest BCUT2D eigenvalue weighted by Crippen LogP contribution is 2.36. The predicted octanol–water partition coefficient (Wildman–Crippen LogP) is 4.03. The molecular formula is C13H9BrCl2FNO4. The van der Waals surface area contributed by atoms with Gasteiger partial charge < -0.3 is 14.8 Å². The average molecular weight is 413 g/mol. The molecule has 1 aromatic carbocycles. The lowest BCUT2D eigenvalue weighted by atomic mass is 10.2. The van der Waals surface area contributed by atoms with E-state index in [1.54, 1.807) is 0 Å². The number of halogens is 4. The van der Waals surface area contributed by atoms with Crippen molar-refractivity contribution < 1.29 is 23.5 Å². The highest BCUT2D eigenvalue weighted by atomic mass is 79.9. The van der Waals surface area contributed by atoms with Crippen LogP contribution in [0.2, 0.25) is 10.0 Å². The molecule has 1 N–H and O–H groups in total. The van der Waals surface area contributed by atoms with E-state index >= 15 is 0 Å². The van der Waals surface area contributed by atoms with Gasteiger partial charge in [0.05, 0.1) is 15.7 Å². The van der Waals surface area contributed by atoms with Crippen LogP contribution in [0, 0.1) is 5.82 Å². The van der Waals surface area contributed by atoms with Gasteiger partial charge in [-0.2, -0.15) is 0 Å². The number of hydrogen-bond donors (Lipinski definition) is 1. The monoisotopic (exact) mass is 411 g/mol. The first-order valence-corrected chi connectivity index (χ1v) is 7.43. The third kappa shape index (κ3) is 3.37. The number of anilines is 1. The Balaban J connectivity index is 2.32. The number of esters is 2. The summed E-state index contributed by atoms with van der Waals surface area (Å²) in [5.41, 5.74) is -0.496. The van der Waals surface area contributed by atoms with Crippen molar-refractivity contribution in [1.29, 1.82) is 0 Å².